The van der Waals surface area contributed by atoms with E-state index in [0.717, 1.165) is 88.1 Å². The molecule has 2 saturated heterocycles. The van der Waals surface area contributed by atoms with Crippen LogP contribution in [0.25, 0.3) is 21.0 Å². The zero-order valence-corrected chi connectivity index (χ0v) is 23.2. The van der Waals surface area contributed by atoms with Crippen LogP contribution in [0.4, 0.5) is 10.5 Å². The van der Waals surface area contributed by atoms with E-state index in [1.54, 1.807) is 11.0 Å². The van der Waals surface area contributed by atoms with Crippen LogP contribution >= 0.6 is 11.3 Å². The first-order valence-electron chi connectivity index (χ1n) is 14.2. The van der Waals surface area contributed by atoms with Gasteiger partial charge in [0.1, 0.15) is 5.75 Å². The number of thiophene rings is 1. The van der Waals surface area contributed by atoms with E-state index in [0.29, 0.717) is 12.5 Å². The normalized spacial score (nSPS) is 16.6. The van der Waals surface area contributed by atoms with E-state index in [1.165, 1.54) is 22.2 Å². The number of ether oxygens (including phenoxy) is 2. The summed E-state index contributed by atoms with van der Waals surface area (Å²) in [5.41, 5.74) is 2.14. The summed E-state index contributed by atoms with van der Waals surface area (Å²) in [4.78, 5) is 23.9. The molecule has 204 valence electrons. The Bertz CT molecular complexity index is 1410. The van der Waals surface area contributed by atoms with Crippen molar-refractivity contribution in [2.75, 3.05) is 57.3 Å². The third kappa shape index (κ3) is 6.28. The molecule has 0 bridgehead atoms. The highest BCUT2D eigenvalue weighted by Crippen LogP contribution is 2.31. The van der Waals surface area contributed by atoms with Gasteiger partial charge < -0.3 is 19.3 Å². The summed E-state index contributed by atoms with van der Waals surface area (Å²) in [5, 5.41) is 4.56. The number of nitrogens with zero attached hydrogens (tertiary/aromatic N) is 4. The molecular weight excluding hydrogens is 508 g/mol. The Kier molecular flexibility index (Phi) is 8.11. The summed E-state index contributed by atoms with van der Waals surface area (Å²) < 4.78 is 13.0. The third-order valence-corrected chi connectivity index (χ3v) is 8.65. The number of pyridine rings is 1. The third-order valence-electron chi connectivity index (χ3n) is 7.77. The number of aromatic nitrogens is 1. The van der Waals surface area contributed by atoms with Crippen LogP contribution in [-0.2, 0) is 0 Å². The highest BCUT2D eigenvalue weighted by Gasteiger charge is 2.20. The smallest absolute Gasteiger partial charge is 0.416 e. The summed E-state index contributed by atoms with van der Waals surface area (Å²) in [6.45, 7) is 7.64. The Labute approximate surface area is 233 Å². The number of rotatable bonds is 8. The lowest BCUT2D eigenvalue weighted by molar-refractivity contribution is 0.141. The molecule has 0 atom stereocenters. The molecule has 2 aliphatic rings. The van der Waals surface area contributed by atoms with Gasteiger partial charge in [0, 0.05) is 72.6 Å². The van der Waals surface area contributed by atoms with Crippen molar-refractivity contribution in [1.29, 1.82) is 0 Å². The van der Waals surface area contributed by atoms with Crippen molar-refractivity contribution in [3.8, 4) is 11.6 Å². The molecule has 2 fully saturated rings. The Hall–Kier alpha value is -3.36. The van der Waals surface area contributed by atoms with Gasteiger partial charge >= 0.3 is 6.09 Å². The summed E-state index contributed by atoms with van der Waals surface area (Å²) in [6, 6.07) is 18.5. The average Bonchev–Trinajstić information content (AvgIpc) is 3.47. The maximum atomic E-state index is 12.4. The molecule has 4 aromatic rings. The number of fused-ring (bicyclic) bond motifs is 2. The van der Waals surface area contributed by atoms with Gasteiger partial charge in [-0.2, -0.15) is 0 Å². The SMILES string of the molecule is O=C(Oc1ccc2ccc(OCCCCN3CCN(c4cccc5sccc45)CC3)cc2n1)N1CCCCC1. The maximum absolute atomic E-state index is 12.4. The molecule has 6 rings (SSSR count). The van der Waals surface area contributed by atoms with Crippen molar-refractivity contribution in [1.82, 2.24) is 14.8 Å². The molecule has 0 unspecified atom stereocenters. The second-order valence-corrected chi connectivity index (χ2v) is 11.4. The predicted molar refractivity (Wildman–Crippen MR) is 158 cm³/mol. The first-order chi connectivity index (χ1) is 19.2. The minimum Gasteiger partial charge on any atom is -0.494 e. The summed E-state index contributed by atoms with van der Waals surface area (Å²) in [7, 11) is 0. The average molecular weight is 545 g/mol. The van der Waals surface area contributed by atoms with E-state index in [4.69, 9.17) is 9.47 Å². The maximum Gasteiger partial charge on any atom is 0.416 e. The van der Waals surface area contributed by atoms with Crippen molar-refractivity contribution < 1.29 is 14.3 Å². The van der Waals surface area contributed by atoms with E-state index >= 15 is 0 Å². The Morgan fingerprint density at radius 3 is 2.62 bits per heavy atom. The zero-order valence-electron chi connectivity index (χ0n) is 22.4. The number of piperazine rings is 1. The van der Waals surface area contributed by atoms with Gasteiger partial charge in [-0.1, -0.05) is 6.07 Å². The Morgan fingerprint density at radius 2 is 1.74 bits per heavy atom. The van der Waals surface area contributed by atoms with E-state index < -0.39 is 0 Å². The molecule has 0 radical (unpaired) electrons. The number of anilines is 1. The van der Waals surface area contributed by atoms with Gasteiger partial charge in [-0.15, -0.1) is 11.3 Å². The van der Waals surface area contributed by atoms with Crippen LogP contribution in [0.15, 0.2) is 60.0 Å². The molecule has 0 spiro atoms. The second-order valence-electron chi connectivity index (χ2n) is 10.4. The second kappa shape index (κ2) is 12.2. The van der Waals surface area contributed by atoms with Crippen molar-refractivity contribution in [2.24, 2.45) is 0 Å². The van der Waals surface area contributed by atoms with Crippen LogP contribution in [0.1, 0.15) is 32.1 Å². The lowest BCUT2D eigenvalue weighted by Crippen LogP contribution is -2.46. The van der Waals surface area contributed by atoms with E-state index in [-0.39, 0.29) is 6.09 Å². The molecule has 8 heteroatoms. The Balaban J connectivity index is 0.938. The number of hydrogen-bond donors (Lipinski definition) is 0. The van der Waals surface area contributed by atoms with Gasteiger partial charge in [0.05, 0.1) is 12.1 Å². The molecular formula is C31H36N4O3S. The number of amides is 1. The first-order valence-corrected chi connectivity index (χ1v) is 15.0. The summed E-state index contributed by atoms with van der Waals surface area (Å²) in [6.07, 6.45) is 5.05. The van der Waals surface area contributed by atoms with Crippen LogP contribution in [0.2, 0.25) is 0 Å². The van der Waals surface area contributed by atoms with E-state index in [1.807, 2.05) is 35.6 Å². The minimum absolute atomic E-state index is 0.310. The van der Waals surface area contributed by atoms with Crippen molar-refractivity contribution in [3.05, 3.63) is 60.0 Å². The monoisotopic (exact) mass is 544 g/mol. The molecule has 4 heterocycles. The van der Waals surface area contributed by atoms with Crippen molar-refractivity contribution in [2.45, 2.75) is 32.1 Å². The van der Waals surface area contributed by atoms with Crippen LogP contribution in [0.5, 0.6) is 11.6 Å². The number of carbonyl (C=O) groups is 1. The number of piperidine rings is 1. The predicted octanol–water partition coefficient (Wildman–Crippen LogP) is 6.42. The molecule has 0 saturated carbocycles. The lowest BCUT2D eigenvalue weighted by atomic mass is 10.1. The van der Waals surface area contributed by atoms with Crippen LogP contribution in [0.3, 0.4) is 0 Å². The fourth-order valence-corrected chi connectivity index (χ4v) is 6.36. The molecule has 7 nitrogen and oxygen atoms in total. The van der Waals surface area contributed by atoms with Crippen LogP contribution in [0, 0.1) is 0 Å². The molecule has 0 N–H and O–H groups in total. The first kappa shape index (κ1) is 25.9. The highest BCUT2D eigenvalue weighted by molar-refractivity contribution is 7.17. The lowest BCUT2D eigenvalue weighted by Gasteiger charge is -2.36. The van der Waals surface area contributed by atoms with Gasteiger partial charge in [0.25, 0.3) is 0 Å². The van der Waals surface area contributed by atoms with E-state index in [2.05, 4.69) is 44.4 Å². The fraction of sp³-hybridized carbons (Fsp3) is 0.419. The van der Waals surface area contributed by atoms with E-state index in [9.17, 15) is 4.79 Å². The molecule has 2 aromatic heterocycles. The summed E-state index contributed by atoms with van der Waals surface area (Å²) >= 11 is 1.82. The minimum atomic E-state index is -0.310. The fourth-order valence-electron chi connectivity index (χ4n) is 5.55. The van der Waals surface area contributed by atoms with Gasteiger partial charge in [-0.05, 0) is 80.4 Å². The van der Waals surface area contributed by atoms with Gasteiger partial charge in [-0.3, -0.25) is 4.90 Å². The van der Waals surface area contributed by atoms with Crippen molar-refractivity contribution >= 4 is 44.1 Å². The summed E-state index contributed by atoms with van der Waals surface area (Å²) in [5.74, 6) is 1.13. The molecule has 39 heavy (non-hydrogen) atoms. The quantitative estimate of drug-likeness (QED) is 0.239. The molecule has 0 aliphatic carbocycles. The van der Waals surface area contributed by atoms with Crippen LogP contribution < -0.4 is 14.4 Å². The standard InChI is InChI=1S/C31H36N4O3S/c36-31(35-15-2-1-3-16-35)38-30-12-10-24-9-11-25(23-27(24)32-30)37-21-5-4-14-33-17-19-34(20-18-33)28-7-6-8-29-26(28)13-22-39-29/h6-13,22-23H,1-5,14-21H2. The van der Waals surface area contributed by atoms with Gasteiger partial charge in [0.15, 0.2) is 0 Å². The number of likely N-dealkylation sites (tertiary alicyclic amines) is 1. The zero-order chi connectivity index (χ0) is 26.4. The van der Waals surface area contributed by atoms with Crippen LogP contribution in [-0.4, -0.2) is 73.3 Å². The largest absolute Gasteiger partial charge is 0.494 e. The number of hydrogen-bond acceptors (Lipinski definition) is 7. The van der Waals surface area contributed by atoms with Gasteiger partial charge in [0.2, 0.25) is 5.88 Å². The Morgan fingerprint density at radius 1 is 0.897 bits per heavy atom. The highest BCUT2D eigenvalue weighted by atomic mass is 32.1. The molecule has 1 amide bonds. The topological polar surface area (TPSA) is 58.1 Å². The molecule has 2 aliphatic heterocycles. The molecule has 2 aromatic carbocycles. The number of carbonyl (C=O) groups excluding carboxylic acids is 1. The number of unbranched alkanes of at least 4 members (excludes halogenated alkanes) is 1. The number of benzene rings is 2. The van der Waals surface area contributed by atoms with Gasteiger partial charge in [-0.25, -0.2) is 9.78 Å². The van der Waals surface area contributed by atoms with Crippen molar-refractivity contribution in [3.63, 3.8) is 0 Å².